The van der Waals surface area contributed by atoms with Crippen molar-refractivity contribution in [2.75, 3.05) is 30.4 Å². The number of hydrogen-bond donors (Lipinski definition) is 1. The maximum Gasteiger partial charge on any atom is 0.265 e. The molecule has 1 unspecified atom stereocenters. The summed E-state index contributed by atoms with van der Waals surface area (Å²) >= 11 is 0. The van der Waals surface area contributed by atoms with Crippen molar-refractivity contribution in [3.8, 4) is 22.8 Å². The van der Waals surface area contributed by atoms with Crippen LogP contribution >= 0.6 is 0 Å². The van der Waals surface area contributed by atoms with Crippen LogP contribution in [0.15, 0.2) is 54.6 Å². The van der Waals surface area contributed by atoms with Crippen molar-refractivity contribution in [1.82, 2.24) is 10.2 Å². The fourth-order valence-corrected chi connectivity index (χ4v) is 4.06. The molecule has 3 aromatic rings. The molecule has 2 heterocycles. The van der Waals surface area contributed by atoms with E-state index in [0.717, 1.165) is 35.7 Å². The SMILES string of the molecule is COc1cc(C)ccc1OC(C)C(=O)Nc1cccc(-c2ccc(N3CCCCCC3)nn2)c1. The highest BCUT2D eigenvalue weighted by atomic mass is 16.5. The van der Waals surface area contributed by atoms with E-state index < -0.39 is 6.10 Å². The number of nitrogens with one attached hydrogen (secondary N) is 1. The number of hydrogen-bond acceptors (Lipinski definition) is 6. The lowest BCUT2D eigenvalue weighted by Crippen LogP contribution is -2.30. The topological polar surface area (TPSA) is 76.6 Å². The third kappa shape index (κ3) is 5.84. The summed E-state index contributed by atoms with van der Waals surface area (Å²) in [6.07, 6.45) is 4.26. The summed E-state index contributed by atoms with van der Waals surface area (Å²) in [5.74, 6) is 1.81. The molecule has 1 saturated heterocycles. The Morgan fingerprint density at radius 1 is 0.971 bits per heavy atom. The highest BCUT2D eigenvalue weighted by Gasteiger charge is 2.18. The lowest BCUT2D eigenvalue weighted by molar-refractivity contribution is -0.122. The number of benzene rings is 2. The summed E-state index contributed by atoms with van der Waals surface area (Å²) in [5.41, 5.74) is 3.39. The molecular formula is C27H32N4O3. The van der Waals surface area contributed by atoms with Crippen molar-refractivity contribution < 1.29 is 14.3 Å². The third-order valence-electron chi connectivity index (χ3n) is 6.00. The van der Waals surface area contributed by atoms with Crippen LogP contribution in [0.5, 0.6) is 11.5 Å². The number of anilines is 2. The van der Waals surface area contributed by atoms with Crippen molar-refractivity contribution >= 4 is 17.4 Å². The Morgan fingerprint density at radius 2 is 1.76 bits per heavy atom. The number of carbonyl (C=O) groups is 1. The van der Waals surface area contributed by atoms with Gasteiger partial charge in [0, 0.05) is 24.3 Å². The van der Waals surface area contributed by atoms with Gasteiger partial charge in [-0.15, -0.1) is 10.2 Å². The van der Waals surface area contributed by atoms with Gasteiger partial charge in [-0.25, -0.2) is 0 Å². The maximum atomic E-state index is 12.8. The summed E-state index contributed by atoms with van der Waals surface area (Å²) < 4.78 is 11.2. The minimum absolute atomic E-state index is 0.248. The van der Waals surface area contributed by atoms with Crippen molar-refractivity contribution in [3.05, 3.63) is 60.2 Å². The lowest BCUT2D eigenvalue weighted by atomic mass is 10.1. The zero-order valence-corrected chi connectivity index (χ0v) is 20.1. The first-order chi connectivity index (χ1) is 16.5. The molecule has 1 aromatic heterocycles. The van der Waals surface area contributed by atoms with Gasteiger partial charge >= 0.3 is 0 Å². The molecule has 0 saturated carbocycles. The van der Waals surface area contributed by atoms with Crippen molar-refractivity contribution in [2.24, 2.45) is 0 Å². The van der Waals surface area contributed by atoms with Gasteiger partial charge in [-0.1, -0.05) is 31.0 Å². The number of carbonyl (C=O) groups excluding carboxylic acids is 1. The molecule has 178 valence electrons. The van der Waals surface area contributed by atoms with Crippen LogP contribution < -0.4 is 19.7 Å². The first-order valence-corrected chi connectivity index (χ1v) is 11.8. The third-order valence-corrected chi connectivity index (χ3v) is 6.00. The molecule has 0 bridgehead atoms. The van der Waals surface area contributed by atoms with Gasteiger partial charge in [-0.2, -0.15) is 0 Å². The van der Waals surface area contributed by atoms with E-state index in [2.05, 4.69) is 20.4 Å². The number of ether oxygens (including phenoxy) is 2. The van der Waals surface area contributed by atoms with E-state index in [0.29, 0.717) is 17.2 Å². The second-order valence-corrected chi connectivity index (χ2v) is 8.66. The molecule has 1 aliphatic heterocycles. The van der Waals surface area contributed by atoms with Crippen LogP contribution in [-0.4, -0.2) is 42.4 Å². The van der Waals surface area contributed by atoms with Gasteiger partial charge in [-0.3, -0.25) is 4.79 Å². The van der Waals surface area contributed by atoms with Crippen LogP contribution in [0.4, 0.5) is 11.5 Å². The Balaban J connectivity index is 1.41. The van der Waals surface area contributed by atoms with Gasteiger partial charge in [0.05, 0.1) is 12.8 Å². The van der Waals surface area contributed by atoms with E-state index >= 15 is 0 Å². The van der Waals surface area contributed by atoms with E-state index in [-0.39, 0.29) is 5.91 Å². The van der Waals surface area contributed by atoms with E-state index in [1.165, 1.54) is 25.7 Å². The van der Waals surface area contributed by atoms with Crippen LogP contribution in [0.25, 0.3) is 11.3 Å². The average Bonchev–Trinajstić information content (AvgIpc) is 3.15. The molecule has 0 radical (unpaired) electrons. The largest absolute Gasteiger partial charge is 0.493 e. The zero-order valence-electron chi connectivity index (χ0n) is 20.1. The number of rotatable bonds is 7. The number of aryl methyl sites for hydroxylation is 1. The number of aromatic nitrogens is 2. The monoisotopic (exact) mass is 460 g/mol. The molecule has 1 N–H and O–H groups in total. The molecule has 0 spiro atoms. The van der Waals surface area contributed by atoms with Gasteiger partial charge < -0.3 is 19.7 Å². The predicted octanol–water partition coefficient (Wildman–Crippen LogP) is 5.25. The number of amides is 1. The van der Waals surface area contributed by atoms with Crippen LogP contribution in [0.1, 0.15) is 38.2 Å². The molecule has 1 atom stereocenters. The van der Waals surface area contributed by atoms with Crippen molar-refractivity contribution in [2.45, 2.75) is 45.6 Å². The van der Waals surface area contributed by atoms with Crippen molar-refractivity contribution in [1.29, 1.82) is 0 Å². The number of nitrogens with zero attached hydrogens (tertiary/aromatic N) is 3. The predicted molar refractivity (Wildman–Crippen MR) is 135 cm³/mol. The van der Waals surface area contributed by atoms with Gasteiger partial charge in [-0.05, 0) is 68.7 Å². The highest BCUT2D eigenvalue weighted by Crippen LogP contribution is 2.29. The van der Waals surface area contributed by atoms with E-state index in [1.807, 2.05) is 61.5 Å². The van der Waals surface area contributed by atoms with E-state index in [9.17, 15) is 4.79 Å². The fourth-order valence-electron chi connectivity index (χ4n) is 4.06. The van der Waals surface area contributed by atoms with Crippen molar-refractivity contribution in [3.63, 3.8) is 0 Å². The molecular weight excluding hydrogens is 428 g/mol. The summed E-state index contributed by atoms with van der Waals surface area (Å²) in [7, 11) is 1.58. The van der Waals surface area contributed by atoms with E-state index in [4.69, 9.17) is 9.47 Å². The Bertz CT molecular complexity index is 1110. The molecule has 4 rings (SSSR count). The first kappa shape index (κ1) is 23.5. The van der Waals surface area contributed by atoms with Crippen LogP contribution in [0.2, 0.25) is 0 Å². The Morgan fingerprint density at radius 3 is 2.47 bits per heavy atom. The quantitative estimate of drug-likeness (QED) is 0.519. The van der Waals surface area contributed by atoms with Gasteiger partial charge in [0.15, 0.2) is 23.4 Å². The second kappa shape index (κ2) is 11.0. The molecule has 7 nitrogen and oxygen atoms in total. The Hall–Kier alpha value is -3.61. The average molecular weight is 461 g/mol. The molecule has 34 heavy (non-hydrogen) atoms. The summed E-state index contributed by atoms with van der Waals surface area (Å²) in [5, 5.41) is 11.8. The Labute approximate surface area is 201 Å². The summed E-state index contributed by atoms with van der Waals surface area (Å²) in [6, 6.07) is 17.2. The number of methoxy groups -OCH3 is 1. The summed E-state index contributed by atoms with van der Waals surface area (Å²) in [4.78, 5) is 15.1. The van der Waals surface area contributed by atoms with Crippen LogP contribution in [0.3, 0.4) is 0 Å². The summed E-state index contributed by atoms with van der Waals surface area (Å²) in [6.45, 7) is 5.75. The standard InChI is InChI=1S/C27H32N4O3/c1-19-11-13-24(25(17-19)33-3)34-20(2)27(32)28-22-10-8-9-21(18-22)23-12-14-26(30-29-23)31-15-6-4-5-7-16-31/h8-14,17-18,20H,4-7,15-16H2,1-3H3,(H,28,32). The molecule has 1 aliphatic rings. The van der Waals surface area contributed by atoms with Gasteiger partial charge in [0.1, 0.15) is 0 Å². The normalized spacial score (nSPS) is 14.7. The maximum absolute atomic E-state index is 12.8. The molecule has 0 aliphatic carbocycles. The van der Waals surface area contributed by atoms with E-state index in [1.54, 1.807) is 14.0 Å². The zero-order chi connectivity index (χ0) is 23.9. The Kier molecular flexibility index (Phi) is 7.62. The molecule has 7 heteroatoms. The minimum atomic E-state index is -0.701. The molecule has 1 amide bonds. The van der Waals surface area contributed by atoms with Gasteiger partial charge in [0.25, 0.3) is 5.91 Å². The molecule has 2 aromatic carbocycles. The van der Waals surface area contributed by atoms with Gasteiger partial charge in [0.2, 0.25) is 0 Å². The second-order valence-electron chi connectivity index (χ2n) is 8.66. The van der Waals surface area contributed by atoms with Crippen LogP contribution in [-0.2, 0) is 4.79 Å². The first-order valence-electron chi connectivity index (χ1n) is 11.8. The smallest absolute Gasteiger partial charge is 0.265 e. The lowest BCUT2D eigenvalue weighted by Gasteiger charge is -2.20. The molecule has 1 fully saturated rings. The van der Waals surface area contributed by atoms with Crippen LogP contribution in [0, 0.1) is 6.92 Å². The highest BCUT2D eigenvalue weighted by molar-refractivity contribution is 5.94. The fraction of sp³-hybridized carbons (Fsp3) is 0.370. The minimum Gasteiger partial charge on any atom is -0.493 e.